The summed E-state index contributed by atoms with van der Waals surface area (Å²) in [5, 5.41) is 0. The molecule has 1 unspecified atom stereocenters. The Hall–Kier alpha value is -0.610. The lowest BCUT2D eigenvalue weighted by Crippen LogP contribution is -2.35. The highest BCUT2D eigenvalue weighted by molar-refractivity contribution is 5.72. The summed E-state index contributed by atoms with van der Waals surface area (Å²) in [6.07, 6.45) is 5.88. The predicted molar refractivity (Wildman–Crippen MR) is 66.9 cm³/mol. The van der Waals surface area contributed by atoms with Crippen LogP contribution in [0.4, 0.5) is 0 Å². The number of methoxy groups -OCH3 is 2. The van der Waals surface area contributed by atoms with Crippen molar-refractivity contribution in [2.24, 2.45) is 5.92 Å². The monoisotopic (exact) mass is 243 g/mol. The van der Waals surface area contributed by atoms with Crippen LogP contribution in [0.1, 0.15) is 32.1 Å². The van der Waals surface area contributed by atoms with Crippen LogP contribution in [0.2, 0.25) is 0 Å². The van der Waals surface area contributed by atoms with Gasteiger partial charge in [0.1, 0.15) is 0 Å². The Morgan fingerprint density at radius 3 is 2.35 bits per heavy atom. The van der Waals surface area contributed by atoms with Crippen molar-refractivity contribution >= 4 is 5.97 Å². The van der Waals surface area contributed by atoms with Gasteiger partial charge in [0.25, 0.3) is 0 Å². The van der Waals surface area contributed by atoms with E-state index in [0.717, 1.165) is 26.1 Å². The van der Waals surface area contributed by atoms with Crippen LogP contribution >= 0.6 is 0 Å². The maximum absolute atomic E-state index is 11.7. The summed E-state index contributed by atoms with van der Waals surface area (Å²) in [4.78, 5) is 14.1. The molecule has 17 heavy (non-hydrogen) atoms. The molecule has 0 N–H and O–H groups in total. The summed E-state index contributed by atoms with van der Waals surface area (Å²) in [7, 11) is 3.13. The topological polar surface area (TPSA) is 38.8 Å². The molecule has 0 saturated carbocycles. The van der Waals surface area contributed by atoms with E-state index in [-0.39, 0.29) is 11.9 Å². The van der Waals surface area contributed by atoms with E-state index in [2.05, 4.69) is 4.90 Å². The standard InChI is InChI=1S/C13H25NO3/c1-16-10-7-12(13(15)17-2)11-14-8-5-3-4-6-9-14/h12H,3-11H2,1-2H3. The molecule has 0 aromatic carbocycles. The summed E-state index contributed by atoms with van der Waals surface area (Å²) in [5.41, 5.74) is 0. The van der Waals surface area contributed by atoms with Crippen LogP contribution in [0.3, 0.4) is 0 Å². The van der Waals surface area contributed by atoms with Gasteiger partial charge in [-0.2, -0.15) is 0 Å². The Morgan fingerprint density at radius 1 is 1.18 bits per heavy atom. The predicted octanol–water partition coefficient (Wildman–Crippen LogP) is 1.69. The molecule has 4 nitrogen and oxygen atoms in total. The molecule has 0 aromatic heterocycles. The number of carbonyl (C=O) groups is 1. The molecule has 0 radical (unpaired) electrons. The van der Waals surface area contributed by atoms with Crippen molar-refractivity contribution in [1.29, 1.82) is 0 Å². The molecular formula is C13H25NO3. The van der Waals surface area contributed by atoms with E-state index >= 15 is 0 Å². The molecule has 1 rings (SSSR count). The fourth-order valence-corrected chi connectivity index (χ4v) is 2.34. The minimum absolute atomic E-state index is 0.0435. The molecule has 0 bridgehead atoms. The van der Waals surface area contributed by atoms with Crippen LogP contribution < -0.4 is 0 Å². The molecule has 1 fully saturated rings. The third-order valence-electron chi connectivity index (χ3n) is 3.38. The average Bonchev–Trinajstić information content (AvgIpc) is 2.62. The summed E-state index contributed by atoms with van der Waals surface area (Å²) >= 11 is 0. The second-order valence-corrected chi connectivity index (χ2v) is 4.72. The highest BCUT2D eigenvalue weighted by atomic mass is 16.5. The van der Waals surface area contributed by atoms with E-state index in [1.807, 2.05) is 0 Å². The van der Waals surface area contributed by atoms with Crippen LogP contribution in [-0.2, 0) is 14.3 Å². The van der Waals surface area contributed by atoms with Crippen LogP contribution in [-0.4, -0.2) is 51.3 Å². The van der Waals surface area contributed by atoms with Crippen molar-refractivity contribution in [3.63, 3.8) is 0 Å². The molecule has 0 amide bonds. The van der Waals surface area contributed by atoms with Gasteiger partial charge in [0.05, 0.1) is 13.0 Å². The normalized spacial score (nSPS) is 19.6. The van der Waals surface area contributed by atoms with Crippen LogP contribution in [0.25, 0.3) is 0 Å². The van der Waals surface area contributed by atoms with E-state index in [4.69, 9.17) is 9.47 Å². The number of ether oxygens (including phenoxy) is 2. The fourth-order valence-electron chi connectivity index (χ4n) is 2.34. The first-order chi connectivity index (χ1) is 8.27. The molecule has 1 atom stereocenters. The van der Waals surface area contributed by atoms with E-state index in [1.165, 1.54) is 32.8 Å². The van der Waals surface area contributed by atoms with Crippen molar-refractivity contribution in [3.8, 4) is 0 Å². The number of hydrogen-bond acceptors (Lipinski definition) is 4. The van der Waals surface area contributed by atoms with E-state index in [9.17, 15) is 4.79 Å². The summed E-state index contributed by atoms with van der Waals surface area (Å²) in [6.45, 7) is 3.66. The van der Waals surface area contributed by atoms with Gasteiger partial charge in [-0.1, -0.05) is 12.8 Å². The first-order valence-corrected chi connectivity index (χ1v) is 6.57. The third-order valence-corrected chi connectivity index (χ3v) is 3.38. The number of hydrogen-bond donors (Lipinski definition) is 0. The molecule has 100 valence electrons. The first-order valence-electron chi connectivity index (χ1n) is 6.57. The molecular weight excluding hydrogens is 218 g/mol. The lowest BCUT2D eigenvalue weighted by molar-refractivity contribution is -0.146. The lowest BCUT2D eigenvalue weighted by atomic mass is 10.1. The zero-order valence-corrected chi connectivity index (χ0v) is 11.1. The van der Waals surface area contributed by atoms with Crippen molar-refractivity contribution in [1.82, 2.24) is 4.90 Å². The molecule has 1 aliphatic heterocycles. The smallest absolute Gasteiger partial charge is 0.310 e. The Bertz CT molecular complexity index is 213. The largest absolute Gasteiger partial charge is 0.469 e. The zero-order chi connectivity index (χ0) is 12.5. The highest BCUT2D eigenvalue weighted by Crippen LogP contribution is 2.14. The van der Waals surface area contributed by atoms with Gasteiger partial charge < -0.3 is 14.4 Å². The van der Waals surface area contributed by atoms with Gasteiger partial charge in [-0.05, 0) is 32.4 Å². The Morgan fingerprint density at radius 2 is 1.82 bits per heavy atom. The van der Waals surface area contributed by atoms with Gasteiger partial charge in [-0.15, -0.1) is 0 Å². The fraction of sp³-hybridized carbons (Fsp3) is 0.923. The van der Waals surface area contributed by atoms with Crippen molar-refractivity contribution < 1.29 is 14.3 Å². The van der Waals surface area contributed by atoms with E-state index in [0.29, 0.717) is 6.61 Å². The van der Waals surface area contributed by atoms with Gasteiger partial charge in [0.2, 0.25) is 0 Å². The molecule has 0 aliphatic carbocycles. The molecule has 0 spiro atoms. The Balaban J connectivity index is 2.42. The second kappa shape index (κ2) is 8.48. The van der Waals surface area contributed by atoms with Gasteiger partial charge in [-0.25, -0.2) is 0 Å². The molecule has 0 aromatic rings. The van der Waals surface area contributed by atoms with Crippen LogP contribution in [0.5, 0.6) is 0 Å². The van der Waals surface area contributed by atoms with Crippen molar-refractivity contribution in [3.05, 3.63) is 0 Å². The minimum atomic E-state index is -0.105. The van der Waals surface area contributed by atoms with Crippen LogP contribution in [0, 0.1) is 5.92 Å². The minimum Gasteiger partial charge on any atom is -0.469 e. The third kappa shape index (κ3) is 5.50. The van der Waals surface area contributed by atoms with Gasteiger partial charge in [-0.3, -0.25) is 4.79 Å². The zero-order valence-electron chi connectivity index (χ0n) is 11.1. The first kappa shape index (κ1) is 14.5. The molecule has 1 heterocycles. The number of carbonyl (C=O) groups excluding carboxylic acids is 1. The summed E-state index contributed by atoms with van der Waals surface area (Å²) < 4.78 is 9.92. The number of esters is 1. The lowest BCUT2D eigenvalue weighted by Gasteiger charge is -2.24. The summed E-state index contributed by atoms with van der Waals surface area (Å²) in [6, 6.07) is 0. The van der Waals surface area contributed by atoms with Crippen molar-refractivity contribution in [2.75, 3.05) is 40.5 Å². The van der Waals surface area contributed by atoms with Gasteiger partial charge >= 0.3 is 5.97 Å². The highest BCUT2D eigenvalue weighted by Gasteiger charge is 2.22. The number of rotatable bonds is 6. The van der Waals surface area contributed by atoms with Crippen LogP contribution in [0.15, 0.2) is 0 Å². The van der Waals surface area contributed by atoms with Gasteiger partial charge in [0.15, 0.2) is 0 Å². The van der Waals surface area contributed by atoms with Gasteiger partial charge in [0, 0.05) is 20.3 Å². The van der Waals surface area contributed by atoms with Crippen molar-refractivity contribution in [2.45, 2.75) is 32.1 Å². The molecule has 1 saturated heterocycles. The maximum Gasteiger partial charge on any atom is 0.310 e. The maximum atomic E-state index is 11.7. The molecule has 4 heteroatoms. The quantitative estimate of drug-likeness (QED) is 0.665. The Labute approximate surface area is 104 Å². The van der Waals surface area contributed by atoms with E-state index in [1.54, 1.807) is 7.11 Å². The van der Waals surface area contributed by atoms with E-state index < -0.39 is 0 Å². The SMILES string of the molecule is COCCC(CN1CCCCCC1)C(=O)OC. The summed E-state index contributed by atoms with van der Waals surface area (Å²) in [5.74, 6) is -0.149. The Kier molecular flexibility index (Phi) is 7.21. The number of nitrogens with zero attached hydrogens (tertiary/aromatic N) is 1. The second-order valence-electron chi connectivity index (χ2n) is 4.72. The number of likely N-dealkylation sites (tertiary alicyclic amines) is 1. The molecule has 1 aliphatic rings. The average molecular weight is 243 g/mol.